The molecule has 3 aromatic heterocycles. The highest BCUT2D eigenvalue weighted by Gasteiger charge is 2.22. The summed E-state index contributed by atoms with van der Waals surface area (Å²) in [5.41, 5.74) is 15.6. The van der Waals surface area contributed by atoms with Gasteiger partial charge in [-0.3, -0.25) is 0 Å². The van der Waals surface area contributed by atoms with E-state index in [0.29, 0.717) is 0 Å². The Bertz CT molecular complexity index is 4100. The van der Waals surface area contributed by atoms with Crippen molar-refractivity contribution in [3.63, 3.8) is 0 Å². The van der Waals surface area contributed by atoms with E-state index in [9.17, 15) is 0 Å². The van der Waals surface area contributed by atoms with Crippen molar-refractivity contribution in [3.05, 3.63) is 241 Å². The van der Waals surface area contributed by atoms with E-state index >= 15 is 0 Å². The van der Waals surface area contributed by atoms with Crippen molar-refractivity contribution in [2.75, 3.05) is 4.90 Å². The number of fused-ring (bicyclic) bond motifs is 9. The zero-order valence-electron chi connectivity index (χ0n) is 36.4. The number of benzene rings is 10. The number of nitrogens with zero attached hydrogens (tertiary/aromatic N) is 4. The van der Waals surface area contributed by atoms with E-state index < -0.39 is 0 Å². The van der Waals surface area contributed by atoms with Gasteiger partial charge in [0.1, 0.15) is 22.2 Å². The summed E-state index contributed by atoms with van der Waals surface area (Å²) in [4.78, 5) is 2.25. The van der Waals surface area contributed by atoms with Gasteiger partial charge in [0.05, 0.1) is 28.4 Å². The molecule has 6 heteroatoms. The summed E-state index contributed by atoms with van der Waals surface area (Å²) in [6.07, 6.45) is 0. The molecule has 0 spiro atoms. The fourth-order valence-electron chi connectivity index (χ4n) is 9.50. The van der Waals surface area contributed by atoms with Gasteiger partial charge in [0, 0.05) is 66.4 Å². The van der Waals surface area contributed by atoms with Gasteiger partial charge in [0.25, 0.3) is 0 Å². The Morgan fingerprint density at radius 1 is 0.426 bits per heavy atom. The van der Waals surface area contributed by atoms with Crippen LogP contribution in [0.25, 0.3) is 82.4 Å². The van der Waals surface area contributed by atoms with E-state index in [0.717, 1.165) is 100 Å². The van der Waals surface area contributed by atoms with E-state index in [2.05, 4.69) is 179 Å². The third kappa shape index (κ3) is 6.84. The first-order valence-corrected chi connectivity index (χ1v) is 23.2. The van der Waals surface area contributed by atoms with Gasteiger partial charge >= 0.3 is 0 Å². The van der Waals surface area contributed by atoms with Gasteiger partial charge in [-0.1, -0.05) is 115 Å². The molecule has 10 aromatic carbocycles. The van der Waals surface area contributed by atoms with E-state index in [1.807, 2.05) is 72.8 Å². The average Bonchev–Trinajstić information content (AvgIpc) is 4.14. The van der Waals surface area contributed by atoms with Crippen molar-refractivity contribution < 1.29 is 4.42 Å². The van der Waals surface area contributed by atoms with E-state index in [1.54, 1.807) is 0 Å². The van der Waals surface area contributed by atoms with Crippen LogP contribution in [0.15, 0.2) is 223 Å². The standard InChI is InChI=1S/C62H36N4OS/c1-3-11-41(12-4-1)19-21-43-23-30-47(31-24-43)65(48-32-25-44(26-33-48)22-20-42-13-5-2-6-14-42)57-37-35-50(61-62(57)64-68-63-61)46-28-27-45-29-36-56-60(53(45)39-46)52-16-7-9-17-55(52)66(56)49-34-38-59-54(40-49)51-15-8-10-18-58(51)67-59/h1-18,23-40H. The van der Waals surface area contributed by atoms with Crippen LogP contribution in [-0.4, -0.2) is 13.3 Å². The zero-order valence-corrected chi connectivity index (χ0v) is 37.2. The smallest absolute Gasteiger partial charge is 0.135 e. The molecule has 316 valence electrons. The van der Waals surface area contributed by atoms with Crippen LogP contribution < -0.4 is 4.90 Å². The molecule has 68 heavy (non-hydrogen) atoms. The molecule has 0 amide bonds. The Morgan fingerprint density at radius 3 is 1.72 bits per heavy atom. The summed E-state index contributed by atoms with van der Waals surface area (Å²) in [5.74, 6) is 13.3. The molecule has 0 aliphatic carbocycles. The zero-order chi connectivity index (χ0) is 45.0. The lowest BCUT2D eigenvalue weighted by Crippen LogP contribution is -2.10. The monoisotopic (exact) mass is 884 g/mol. The molecule has 0 radical (unpaired) electrons. The maximum Gasteiger partial charge on any atom is 0.135 e. The van der Waals surface area contributed by atoms with Crippen LogP contribution in [0.2, 0.25) is 0 Å². The van der Waals surface area contributed by atoms with Gasteiger partial charge in [0.2, 0.25) is 0 Å². The molecule has 0 saturated heterocycles. The summed E-state index contributed by atoms with van der Waals surface area (Å²) < 4.78 is 18.6. The highest BCUT2D eigenvalue weighted by atomic mass is 32.1. The maximum atomic E-state index is 6.22. The van der Waals surface area contributed by atoms with Gasteiger partial charge < -0.3 is 13.9 Å². The normalized spacial score (nSPS) is 11.3. The fourth-order valence-corrected chi connectivity index (χ4v) is 10.1. The second-order valence-electron chi connectivity index (χ2n) is 16.8. The van der Waals surface area contributed by atoms with Gasteiger partial charge in [-0.25, -0.2) is 0 Å². The fraction of sp³-hybridized carbons (Fsp3) is 0. The summed E-state index contributed by atoms with van der Waals surface area (Å²) in [5, 5.41) is 6.97. The van der Waals surface area contributed by atoms with Gasteiger partial charge in [-0.05, 0) is 144 Å². The summed E-state index contributed by atoms with van der Waals surface area (Å²) in [6, 6.07) is 76.0. The SMILES string of the molecule is C(#Cc1ccc(N(c2ccc(C#Cc3ccccc3)cc2)c2ccc(-c3ccc4ccc5c(c4c3)c3ccccc3n5-c3ccc4oc5ccccc5c4c3)c3nsnc23)cc1)c1ccccc1. The van der Waals surface area contributed by atoms with Crippen LogP contribution in [0.1, 0.15) is 22.3 Å². The lowest BCUT2D eigenvalue weighted by atomic mass is 9.97. The Hall–Kier alpha value is -9.20. The van der Waals surface area contributed by atoms with Gasteiger partial charge in [-0.2, -0.15) is 8.75 Å². The quantitative estimate of drug-likeness (QED) is 0.162. The predicted molar refractivity (Wildman–Crippen MR) is 282 cm³/mol. The van der Waals surface area contributed by atoms with Crippen molar-refractivity contribution in [1.29, 1.82) is 0 Å². The molecule has 0 saturated carbocycles. The van der Waals surface area contributed by atoms with E-state index in [-0.39, 0.29) is 0 Å². The number of furan rings is 1. The third-order valence-corrected chi connectivity index (χ3v) is 13.2. The minimum absolute atomic E-state index is 0.825. The number of aromatic nitrogens is 3. The minimum Gasteiger partial charge on any atom is -0.456 e. The van der Waals surface area contributed by atoms with Crippen LogP contribution >= 0.6 is 11.7 Å². The topological polar surface area (TPSA) is 47.1 Å². The largest absolute Gasteiger partial charge is 0.456 e. The Morgan fingerprint density at radius 2 is 1.01 bits per heavy atom. The summed E-state index contributed by atoms with van der Waals surface area (Å²) in [6.45, 7) is 0. The van der Waals surface area contributed by atoms with Crippen LogP contribution in [0, 0.1) is 23.7 Å². The van der Waals surface area contributed by atoms with E-state index in [4.69, 9.17) is 13.2 Å². The molecular weight excluding hydrogens is 849 g/mol. The molecule has 0 N–H and O–H groups in total. The molecule has 5 nitrogen and oxygen atoms in total. The first kappa shape index (κ1) is 39.2. The van der Waals surface area contributed by atoms with Crippen molar-refractivity contribution in [2.45, 2.75) is 0 Å². The summed E-state index contributed by atoms with van der Waals surface area (Å²) >= 11 is 1.24. The van der Waals surface area contributed by atoms with Crippen LogP contribution in [0.3, 0.4) is 0 Å². The number of hydrogen-bond acceptors (Lipinski definition) is 5. The second-order valence-corrected chi connectivity index (χ2v) is 17.3. The van der Waals surface area contributed by atoms with Gasteiger partial charge in [0.15, 0.2) is 0 Å². The van der Waals surface area contributed by atoms with E-state index in [1.165, 1.54) is 33.3 Å². The molecule has 0 fully saturated rings. The van der Waals surface area contributed by atoms with Crippen molar-refractivity contribution in [2.24, 2.45) is 0 Å². The van der Waals surface area contributed by atoms with Crippen molar-refractivity contribution in [1.82, 2.24) is 13.3 Å². The lowest BCUT2D eigenvalue weighted by molar-refractivity contribution is 0.669. The molecule has 0 aliphatic heterocycles. The second kappa shape index (κ2) is 16.3. The highest BCUT2D eigenvalue weighted by Crippen LogP contribution is 2.44. The number of para-hydroxylation sites is 2. The molecule has 0 unspecified atom stereocenters. The molecule has 0 atom stereocenters. The molecule has 0 aliphatic rings. The first-order chi connectivity index (χ1) is 33.7. The Balaban J connectivity index is 0.927. The molecule has 13 rings (SSSR count). The molecule has 3 heterocycles. The molecule has 13 aromatic rings. The average molecular weight is 885 g/mol. The minimum atomic E-state index is 0.825. The molecular formula is C62H36N4OS. The lowest BCUT2D eigenvalue weighted by Gasteiger charge is -2.26. The Labute approximate surface area is 396 Å². The van der Waals surface area contributed by atoms with Crippen molar-refractivity contribution in [3.8, 4) is 40.5 Å². The predicted octanol–water partition coefficient (Wildman–Crippen LogP) is 15.8. The maximum absolute atomic E-state index is 6.22. The Kier molecular flexibility index (Phi) is 9.42. The number of rotatable bonds is 5. The van der Waals surface area contributed by atoms with Crippen LogP contribution in [0.4, 0.5) is 17.1 Å². The van der Waals surface area contributed by atoms with Crippen LogP contribution in [-0.2, 0) is 0 Å². The highest BCUT2D eigenvalue weighted by molar-refractivity contribution is 7.00. The first-order valence-electron chi connectivity index (χ1n) is 22.5. The third-order valence-electron chi connectivity index (χ3n) is 12.7. The number of hydrogen-bond donors (Lipinski definition) is 0. The molecule has 0 bridgehead atoms. The van der Waals surface area contributed by atoms with Gasteiger partial charge in [-0.15, -0.1) is 0 Å². The summed E-state index contributed by atoms with van der Waals surface area (Å²) in [7, 11) is 0. The van der Waals surface area contributed by atoms with Crippen molar-refractivity contribution >= 4 is 94.3 Å². The van der Waals surface area contributed by atoms with Crippen LogP contribution in [0.5, 0.6) is 0 Å². The number of anilines is 3.